The number of amides is 3. The lowest BCUT2D eigenvalue weighted by molar-refractivity contribution is -0.123. The van der Waals surface area contributed by atoms with Crippen molar-refractivity contribution in [2.75, 3.05) is 12.4 Å². The Hall–Kier alpha value is -3.22. The lowest BCUT2D eigenvalue weighted by Gasteiger charge is -2.15. The van der Waals surface area contributed by atoms with Crippen LogP contribution < -0.4 is 14.2 Å². The number of benzene rings is 3. The van der Waals surface area contributed by atoms with Crippen molar-refractivity contribution in [1.82, 2.24) is 4.90 Å². The van der Waals surface area contributed by atoms with Gasteiger partial charge >= 0.3 is 10.1 Å². The predicted octanol–water partition coefficient (Wildman–Crippen LogP) is 6.62. The van der Waals surface area contributed by atoms with Crippen LogP contribution in [0.15, 0.2) is 64.4 Å². The molecule has 4 rings (SSSR count). The fourth-order valence-electron chi connectivity index (χ4n) is 3.60. The largest absolute Gasteiger partial charge is 0.493 e. The first-order valence-corrected chi connectivity index (χ1v) is 14.6. The van der Waals surface area contributed by atoms with Crippen LogP contribution >= 0.6 is 46.6 Å². The Kier molecular flexibility index (Phi) is 9.01. The van der Waals surface area contributed by atoms with Crippen LogP contribution in [0.3, 0.4) is 0 Å². The monoisotopic (exact) mass is 640 g/mol. The molecule has 208 valence electrons. The summed E-state index contributed by atoms with van der Waals surface area (Å²) in [5.41, 5.74) is 1.20. The number of hydrogen-bond acceptors (Lipinski definition) is 8. The molecule has 0 aromatic heterocycles. The number of halogens is 3. The number of ether oxygens (including phenoxy) is 1. The zero-order chi connectivity index (χ0) is 29.2. The molecule has 14 heteroatoms. The standard InChI is InChI=1S/C26H19Cl3N2O7S2/c1-14(32)30-16-6-8-17(9-7-16)40(35,36)38-24-21(29)10-15(11-22(24)37-2)12-23-25(33)31(26(34)39-23)13-18-19(27)4-3-5-20(18)28/h3-12H,13H2,1-2H3,(H,30,32)/b23-12-. The lowest BCUT2D eigenvalue weighted by Crippen LogP contribution is -2.27. The molecule has 9 nitrogen and oxygen atoms in total. The number of carbonyl (C=O) groups excluding carboxylic acids is 3. The maximum absolute atomic E-state index is 13.0. The highest BCUT2D eigenvalue weighted by molar-refractivity contribution is 8.18. The number of thioether (sulfide) groups is 1. The maximum atomic E-state index is 13.0. The van der Waals surface area contributed by atoms with E-state index in [1.54, 1.807) is 18.2 Å². The van der Waals surface area contributed by atoms with Gasteiger partial charge < -0.3 is 14.2 Å². The van der Waals surface area contributed by atoms with Crippen molar-refractivity contribution in [3.8, 4) is 11.5 Å². The molecule has 0 saturated carbocycles. The topological polar surface area (TPSA) is 119 Å². The molecule has 40 heavy (non-hydrogen) atoms. The molecule has 0 radical (unpaired) electrons. The van der Waals surface area contributed by atoms with Gasteiger partial charge in [-0.1, -0.05) is 40.9 Å². The van der Waals surface area contributed by atoms with Crippen LogP contribution in [-0.2, 0) is 26.3 Å². The minimum atomic E-state index is -4.33. The molecule has 1 heterocycles. The van der Waals surface area contributed by atoms with Crippen molar-refractivity contribution in [2.45, 2.75) is 18.4 Å². The number of rotatable bonds is 8. The second kappa shape index (κ2) is 12.1. The van der Waals surface area contributed by atoms with Crippen LogP contribution in [0.1, 0.15) is 18.1 Å². The number of methoxy groups -OCH3 is 1. The highest BCUT2D eigenvalue weighted by atomic mass is 35.5. The molecular weight excluding hydrogens is 623 g/mol. The van der Waals surface area contributed by atoms with Crippen LogP contribution in [0.4, 0.5) is 10.5 Å². The molecule has 0 atom stereocenters. The highest BCUT2D eigenvalue weighted by Gasteiger charge is 2.36. The summed E-state index contributed by atoms with van der Waals surface area (Å²) in [6.45, 7) is 1.22. The smallest absolute Gasteiger partial charge is 0.339 e. The summed E-state index contributed by atoms with van der Waals surface area (Å²) in [5.74, 6) is -1.17. The van der Waals surface area contributed by atoms with E-state index in [2.05, 4.69) is 5.32 Å². The van der Waals surface area contributed by atoms with Crippen molar-refractivity contribution in [1.29, 1.82) is 0 Å². The second-order valence-electron chi connectivity index (χ2n) is 8.25. The Balaban J connectivity index is 1.58. The molecule has 1 aliphatic rings. The van der Waals surface area contributed by atoms with Gasteiger partial charge in [-0.25, -0.2) is 0 Å². The van der Waals surface area contributed by atoms with Crippen molar-refractivity contribution in [3.05, 3.63) is 85.7 Å². The molecular formula is C26H19Cl3N2O7S2. The van der Waals surface area contributed by atoms with E-state index in [4.69, 9.17) is 43.7 Å². The minimum Gasteiger partial charge on any atom is -0.493 e. The first-order chi connectivity index (χ1) is 18.9. The molecule has 0 unspecified atom stereocenters. The van der Waals surface area contributed by atoms with Crippen molar-refractivity contribution in [3.63, 3.8) is 0 Å². The first kappa shape index (κ1) is 29.8. The summed E-state index contributed by atoms with van der Waals surface area (Å²) in [6, 6.07) is 13.0. The van der Waals surface area contributed by atoms with Crippen molar-refractivity contribution in [2.24, 2.45) is 0 Å². The van der Waals surface area contributed by atoms with Gasteiger partial charge in [-0.3, -0.25) is 19.3 Å². The number of imide groups is 1. The minimum absolute atomic E-state index is 0.0285. The average Bonchev–Trinajstić information content (AvgIpc) is 3.14. The van der Waals surface area contributed by atoms with E-state index in [9.17, 15) is 22.8 Å². The Morgan fingerprint density at radius 3 is 2.27 bits per heavy atom. The number of carbonyl (C=O) groups is 3. The molecule has 1 aliphatic heterocycles. The Morgan fingerprint density at radius 2 is 1.68 bits per heavy atom. The second-order valence-corrected chi connectivity index (χ2v) is 12.0. The molecule has 3 aromatic carbocycles. The van der Waals surface area contributed by atoms with Crippen molar-refractivity contribution < 1.29 is 31.7 Å². The van der Waals surface area contributed by atoms with Gasteiger partial charge in [0.25, 0.3) is 11.1 Å². The van der Waals surface area contributed by atoms with Crippen LogP contribution in [0.25, 0.3) is 6.08 Å². The fourth-order valence-corrected chi connectivity index (χ4v) is 6.21. The third kappa shape index (κ3) is 6.56. The molecule has 0 aliphatic carbocycles. The van der Waals surface area contributed by atoms with E-state index in [1.807, 2.05) is 0 Å². The number of nitrogens with one attached hydrogen (secondary N) is 1. The quantitative estimate of drug-likeness (QED) is 0.215. The van der Waals surface area contributed by atoms with E-state index in [1.165, 1.54) is 56.5 Å². The number of nitrogens with zero attached hydrogens (tertiary/aromatic N) is 1. The highest BCUT2D eigenvalue weighted by Crippen LogP contribution is 2.41. The van der Waals surface area contributed by atoms with Crippen LogP contribution in [-0.4, -0.2) is 37.5 Å². The van der Waals surface area contributed by atoms with Gasteiger partial charge in [0.05, 0.1) is 23.6 Å². The van der Waals surface area contributed by atoms with Crippen LogP contribution in [0, 0.1) is 0 Å². The predicted molar refractivity (Wildman–Crippen MR) is 155 cm³/mol. The molecule has 0 spiro atoms. The van der Waals surface area contributed by atoms with E-state index in [-0.39, 0.29) is 38.8 Å². The normalized spacial score (nSPS) is 14.5. The van der Waals surface area contributed by atoms with E-state index >= 15 is 0 Å². The van der Waals surface area contributed by atoms with Gasteiger partial charge in [-0.05, 0) is 71.9 Å². The average molecular weight is 642 g/mol. The Bertz CT molecular complexity index is 1640. The lowest BCUT2D eigenvalue weighted by atomic mass is 10.1. The van der Waals surface area contributed by atoms with E-state index in [0.717, 1.165) is 16.7 Å². The summed E-state index contributed by atoms with van der Waals surface area (Å²) in [4.78, 5) is 37.8. The third-order valence-corrected chi connectivity index (χ3v) is 8.59. The van der Waals surface area contributed by atoms with Crippen LogP contribution in [0.2, 0.25) is 15.1 Å². The molecule has 0 bridgehead atoms. The van der Waals surface area contributed by atoms with Gasteiger partial charge in [0.1, 0.15) is 4.90 Å². The molecule has 3 aromatic rings. The van der Waals surface area contributed by atoms with Gasteiger partial charge in [-0.2, -0.15) is 8.42 Å². The van der Waals surface area contributed by atoms with Gasteiger partial charge in [0.2, 0.25) is 11.7 Å². The zero-order valence-electron chi connectivity index (χ0n) is 20.7. The zero-order valence-corrected chi connectivity index (χ0v) is 24.6. The van der Waals surface area contributed by atoms with E-state index < -0.39 is 21.3 Å². The number of hydrogen-bond donors (Lipinski definition) is 1. The summed E-state index contributed by atoms with van der Waals surface area (Å²) in [5, 5.41) is 2.55. The maximum Gasteiger partial charge on any atom is 0.339 e. The summed E-state index contributed by atoms with van der Waals surface area (Å²) < 4.78 is 36.4. The molecule has 1 fully saturated rings. The fraction of sp³-hybridized carbons (Fsp3) is 0.115. The van der Waals surface area contributed by atoms with Gasteiger partial charge in [0, 0.05) is 28.2 Å². The van der Waals surface area contributed by atoms with Crippen molar-refractivity contribution >= 4 is 85.5 Å². The first-order valence-electron chi connectivity index (χ1n) is 11.3. The van der Waals surface area contributed by atoms with Gasteiger partial charge in [-0.15, -0.1) is 0 Å². The summed E-state index contributed by atoms with van der Waals surface area (Å²) in [7, 11) is -3.04. The Labute approximate surface area is 249 Å². The summed E-state index contributed by atoms with van der Waals surface area (Å²) >= 11 is 19.5. The molecule has 3 amide bonds. The third-order valence-electron chi connectivity index (χ3n) is 5.46. The number of anilines is 1. The molecule has 1 saturated heterocycles. The van der Waals surface area contributed by atoms with E-state index in [0.29, 0.717) is 26.9 Å². The Morgan fingerprint density at radius 1 is 1.02 bits per heavy atom. The SMILES string of the molecule is COc1cc(/C=C2\SC(=O)N(Cc3c(Cl)cccc3Cl)C2=O)cc(Cl)c1OS(=O)(=O)c1ccc(NC(C)=O)cc1. The summed E-state index contributed by atoms with van der Waals surface area (Å²) in [6.07, 6.45) is 1.42. The molecule has 1 N–H and O–H groups in total. The van der Waals surface area contributed by atoms with Crippen LogP contribution in [0.5, 0.6) is 11.5 Å². The van der Waals surface area contributed by atoms with Gasteiger partial charge in [0.15, 0.2) is 5.75 Å².